The average molecular weight is 451 g/mol. The van der Waals surface area contributed by atoms with Gasteiger partial charge in [0.25, 0.3) is 0 Å². The minimum absolute atomic E-state index is 0.103. The van der Waals surface area contributed by atoms with Gasteiger partial charge in [-0.05, 0) is 62.6 Å². The summed E-state index contributed by atoms with van der Waals surface area (Å²) in [6.45, 7) is 8.49. The molecule has 5 rings (SSSR count). The van der Waals surface area contributed by atoms with Crippen molar-refractivity contribution in [3.8, 4) is 17.0 Å². The first-order chi connectivity index (χ1) is 15.9. The van der Waals surface area contributed by atoms with E-state index in [0.29, 0.717) is 30.0 Å². The van der Waals surface area contributed by atoms with Gasteiger partial charge in [-0.3, -0.25) is 0 Å². The molecule has 0 amide bonds. The zero-order chi connectivity index (χ0) is 23.1. The van der Waals surface area contributed by atoms with E-state index in [1.807, 2.05) is 20.8 Å². The quantitative estimate of drug-likeness (QED) is 0.627. The van der Waals surface area contributed by atoms with E-state index in [1.165, 1.54) is 23.4 Å². The summed E-state index contributed by atoms with van der Waals surface area (Å²) in [4.78, 5) is 10.8. The normalized spacial score (nSPS) is 17.5. The van der Waals surface area contributed by atoms with Gasteiger partial charge in [0.2, 0.25) is 0 Å². The summed E-state index contributed by atoms with van der Waals surface area (Å²) in [7, 11) is 0. The Morgan fingerprint density at radius 1 is 1.15 bits per heavy atom. The summed E-state index contributed by atoms with van der Waals surface area (Å²) in [6.07, 6.45) is 2.52. The van der Waals surface area contributed by atoms with E-state index in [1.54, 1.807) is 6.07 Å². The number of benzene rings is 2. The van der Waals surface area contributed by atoms with Crippen molar-refractivity contribution in [2.24, 2.45) is 0 Å². The summed E-state index contributed by atoms with van der Waals surface area (Å²) in [5.41, 5.74) is 4.83. The Bertz CT molecular complexity index is 1200. The molecule has 0 bridgehead atoms. The van der Waals surface area contributed by atoms with E-state index in [0.717, 1.165) is 25.1 Å². The minimum Gasteiger partial charge on any atom is -0.484 e. The standard InChI is InChI=1S/C26H28F2N4O/c1-15(2)32-14-16(3)33-26-21(27)10-20(11-23(26)32)25-22(28)13-30-24(31-25)9-17-4-5-19-12-29-7-6-18(19)8-17/h4-5,8,10-11,13,15-16,29H,6-7,9,12,14H2,1-3H3. The number of nitrogens with one attached hydrogen (secondary N) is 1. The highest BCUT2D eigenvalue weighted by molar-refractivity contribution is 5.72. The van der Waals surface area contributed by atoms with Crippen LogP contribution in [-0.2, 0) is 19.4 Å². The van der Waals surface area contributed by atoms with Gasteiger partial charge in [0, 0.05) is 24.6 Å². The molecule has 2 aliphatic heterocycles. The summed E-state index contributed by atoms with van der Waals surface area (Å²) in [5, 5.41) is 3.37. The van der Waals surface area contributed by atoms with Crippen LogP contribution in [0.3, 0.4) is 0 Å². The van der Waals surface area contributed by atoms with E-state index < -0.39 is 11.6 Å². The SMILES string of the molecule is CC1CN(C(C)C)c2cc(-c3nc(Cc4ccc5c(c4)CCNC5)ncc3F)cc(F)c2O1. The van der Waals surface area contributed by atoms with Crippen LogP contribution in [0.15, 0.2) is 36.5 Å². The summed E-state index contributed by atoms with van der Waals surface area (Å²) in [6, 6.07) is 9.59. The lowest BCUT2D eigenvalue weighted by molar-refractivity contribution is 0.199. The van der Waals surface area contributed by atoms with Crippen LogP contribution in [0, 0.1) is 11.6 Å². The maximum atomic E-state index is 15.0. The van der Waals surface area contributed by atoms with Crippen molar-refractivity contribution in [3.05, 3.63) is 70.7 Å². The monoisotopic (exact) mass is 450 g/mol. The third kappa shape index (κ3) is 4.29. The number of nitrogens with zero attached hydrogens (tertiary/aromatic N) is 3. The van der Waals surface area contributed by atoms with Gasteiger partial charge in [-0.15, -0.1) is 0 Å². The first-order valence-electron chi connectivity index (χ1n) is 11.5. The van der Waals surface area contributed by atoms with Crippen molar-refractivity contribution in [2.75, 3.05) is 18.0 Å². The van der Waals surface area contributed by atoms with Gasteiger partial charge in [0.1, 0.15) is 17.6 Å². The van der Waals surface area contributed by atoms with Gasteiger partial charge >= 0.3 is 0 Å². The maximum Gasteiger partial charge on any atom is 0.178 e. The lowest BCUT2D eigenvalue weighted by Crippen LogP contribution is -2.42. The highest BCUT2D eigenvalue weighted by Gasteiger charge is 2.29. The highest BCUT2D eigenvalue weighted by Crippen LogP contribution is 2.40. The smallest absolute Gasteiger partial charge is 0.178 e. The zero-order valence-corrected chi connectivity index (χ0v) is 19.2. The van der Waals surface area contributed by atoms with Crippen LogP contribution in [-0.4, -0.2) is 35.2 Å². The van der Waals surface area contributed by atoms with E-state index in [9.17, 15) is 4.39 Å². The molecule has 1 N–H and O–H groups in total. The number of aromatic nitrogens is 2. The second-order valence-electron chi connectivity index (χ2n) is 9.17. The van der Waals surface area contributed by atoms with Crippen LogP contribution in [0.2, 0.25) is 0 Å². The lowest BCUT2D eigenvalue weighted by atomic mass is 9.97. The first-order valence-corrected chi connectivity index (χ1v) is 11.5. The molecule has 0 spiro atoms. The minimum atomic E-state index is -0.573. The van der Waals surface area contributed by atoms with E-state index in [-0.39, 0.29) is 23.6 Å². The Morgan fingerprint density at radius 3 is 2.82 bits per heavy atom. The Morgan fingerprint density at radius 2 is 2.00 bits per heavy atom. The number of fused-ring (bicyclic) bond motifs is 2. The van der Waals surface area contributed by atoms with E-state index in [2.05, 4.69) is 38.4 Å². The van der Waals surface area contributed by atoms with Crippen molar-refractivity contribution < 1.29 is 13.5 Å². The third-order valence-electron chi connectivity index (χ3n) is 6.32. The molecule has 3 heterocycles. The van der Waals surface area contributed by atoms with Gasteiger partial charge < -0.3 is 15.0 Å². The maximum absolute atomic E-state index is 15.0. The van der Waals surface area contributed by atoms with Crippen LogP contribution < -0.4 is 15.0 Å². The molecule has 1 unspecified atom stereocenters. The second kappa shape index (κ2) is 8.71. The molecule has 0 fully saturated rings. The number of ether oxygens (including phenoxy) is 1. The molecular formula is C26H28F2N4O. The predicted octanol–water partition coefficient (Wildman–Crippen LogP) is 4.65. The zero-order valence-electron chi connectivity index (χ0n) is 19.2. The lowest BCUT2D eigenvalue weighted by Gasteiger charge is -2.38. The number of anilines is 1. The van der Waals surface area contributed by atoms with Crippen LogP contribution in [0.25, 0.3) is 11.3 Å². The van der Waals surface area contributed by atoms with Crippen molar-refractivity contribution in [1.29, 1.82) is 0 Å². The molecule has 2 aromatic carbocycles. The molecule has 1 aromatic heterocycles. The fourth-order valence-corrected chi connectivity index (χ4v) is 4.66. The number of hydrogen-bond donors (Lipinski definition) is 1. The van der Waals surface area contributed by atoms with Crippen LogP contribution in [0.5, 0.6) is 5.75 Å². The number of halogens is 2. The summed E-state index contributed by atoms with van der Waals surface area (Å²) >= 11 is 0. The molecule has 0 saturated carbocycles. The molecule has 172 valence electrons. The fourth-order valence-electron chi connectivity index (χ4n) is 4.66. The fraction of sp³-hybridized carbons (Fsp3) is 0.385. The molecule has 33 heavy (non-hydrogen) atoms. The molecular weight excluding hydrogens is 422 g/mol. The molecule has 5 nitrogen and oxygen atoms in total. The molecule has 2 aliphatic rings. The number of hydrogen-bond acceptors (Lipinski definition) is 5. The van der Waals surface area contributed by atoms with Gasteiger partial charge in [0.05, 0.1) is 18.4 Å². The summed E-state index contributed by atoms with van der Waals surface area (Å²) in [5.74, 6) is -0.369. The topological polar surface area (TPSA) is 50.3 Å². The molecule has 0 radical (unpaired) electrons. The molecule has 7 heteroatoms. The van der Waals surface area contributed by atoms with Crippen molar-refractivity contribution in [2.45, 2.75) is 52.3 Å². The third-order valence-corrected chi connectivity index (χ3v) is 6.32. The largest absolute Gasteiger partial charge is 0.484 e. The van der Waals surface area contributed by atoms with E-state index in [4.69, 9.17) is 4.74 Å². The first kappa shape index (κ1) is 21.8. The van der Waals surface area contributed by atoms with Gasteiger partial charge in [-0.25, -0.2) is 18.7 Å². The number of rotatable bonds is 4. The van der Waals surface area contributed by atoms with Crippen molar-refractivity contribution in [1.82, 2.24) is 15.3 Å². The van der Waals surface area contributed by atoms with Gasteiger partial charge in [-0.2, -0.15) is 0 Å². The van der Waals surface area contributed by atoms with Crippen molar-refractivity contribution >= 4 is 5.69 Å². The predicted molar refractivity (Wildman–Crippen MR) is 125 cm³/mol. The Hall–Kier alpha value is -3.06. The molecule has 0 aliphatic carbocycles. The average Bonchev–Trinajstić information content (AvgIpc) is 2.80. The van der Waals surface area contributed by atoms with Crippen molar-refractivity contribution in [3.63, 3.8) is 0 Å². The van der Waals surface area contributed by atoms with Gasteiger partial charge in [0.15, 0.2) is 17.4 Å². The highest BCUT2D eigenvalue weighted by atomic mass is 19.1. The molecule has 1 atom stereocenters. The Balaban J connectivity index is 1.50. The Labute approximate surface area is 192 Å². The Kier molecular flexibility index (Phi) is 5.74. The summed E-state index contributed by atoms with van der Waals surface area (Å²) < 4.78 is 35.6. The van der Waals surface area contributed by atoms with Crippen LogP contribution in [0.4, 0.5) is 14.5 Å². The van der Waals surface area contributed by atoms with Crippen LogP contribution >= 0.6 is 0 Å². The van der Waals surface area contributed by atoms with Gasteiger partial charge in [-0.1, -0.05) is 18.2 Å². The molecule has 0 saturated heterocycles. The van der Waals surface area contributed by atoms with E-state index >= 15 is 4.39 Å². The molecule has 3 aromatic rings. The second-order valence-corrected chi connectivity index (χ2v) is 9.17. The van der Waals surface area contributed by atoms with Crippen LogP contribution in [0.1, 0.15) is 43.3 Å².